The number of benzene rings is 2. The number of hydrogen-bond acceptors (Lipinski definition) is 3. The highest BCUT2D eigenvalue weighted by Gasteiger charge is 2.17. The van der Waals surface area contributed by atoms with Gasteiger partial charge in [-0.1, -0.05) is 61.7 Å². The first-order valence-electron chi connectivity index (χ1n) is 8.43. The quantitative estimate of drug-likeness (QED) is 0.430. The molecule has 0 unspecified atom stereocenters. The third kappa shape index (κ3) is 3.94. The zero-order valence-electron chi connectivity index (χ0n) is 15.2. The minimum atomic E-state index is 0.230. The van der Waals surface area contributed by atoms with Crippen molar-refractivity contribution in [2.24, 2.45) is 0 Å². The first-order valence-corrected chi connectivity index (χ1v) is 8.80. The van der Waals surface area contributed by atoms with Gasteiger partial charge >= 0.3 is 0 Å². The third-order valence-electron chi connectivity index (χ3n) is 4.27. The molecule has 0 aliphatic rings. The third-order valence-corrected chi connectivity index (χ3v) is 4.47. The van der Waals surface area contributed by atoms with Crippen LogP contribution in [0.15, 0.2) is 49.6 Å². The lowest BCUT2D eigenvalue weighted by atomic mass is 9.90. The number of hydrogen-bond donors (Lipinski definition) is 2. The van der Waals surface area contributed by atoms with Gasteiger partial charge in [-0.3, -0.25) is 0 Å². The van der Waals surface area contributed by atoms with E-state index in [-0.39, 0.29) is 5.75 Å². The summed E-state index contributed by atoms with van der Waals surface area (Å²) in [6.45, 7) is 11.8. The summed E-state index contributed by atoms with van der Waals surface area (Å²) in [5.41, 5.74) is 5.65. The molecule has 134 valence electrons. The summed E-state index contributed by atoms with van der Waals surface area (Å²) in [6, 6.07) is 7.42. The fourth-order valence-corrected chi connectivity index (χ4v) is 3.24. The summed E-state index contributed by atoms with van der Waals surface area (Å²) in [7, 11) is 0. The first-order chi connectivity index (χ1) is 12.6. The average molecular weight is 365 g/mol. The zero-order valence-corrected chi connectivity index (χ0v) is 16.1. The van der Waals surface area contributed by atoms with E-state index in [2.05, 4.69) is 26.1 Å². The molecule has 0 aromatic heterocycles. The van der Waals surface area contributed by atoms with Gasteiger partial charge < -0.3 is 9.29 Å². The van der Waals surface area contributed by atoms with Gasteiger partial charge in [0.15, 0.2) is 0 Å². The molecule has 0 saturated heterocycles. The molecule has 2 aromatic rings. The van der Waals surface area contributed by atoms with Crippen molar-refractivity contribution in [1.29, 1.82) is 0 Å². The van der Waals surface area contributed by atoms with Crippen LogP contribution in [0.2, 0.25) is 0 Å². The minimum Gasteiger partial charge on any atom is -0.508 e. The van der Waals surface area contributed by atoms with Crippen molar-refractivity contribution in [3.63, 3.8) is 0 Å². The van der Waals surface area contributed by atoms with Crippen LogP contribution in [0.1, 0.15) is 47.2 Å². The molecule has 2 nitrogen and oxygen atoms in total. The van der Waals surface area contributed by atoms with Gasteiger partial charge in [-0.25, -0.2) is 0 Å². The molecule has 2 rings (SSSR count). The fourth-order valence-electron chi connectivity index (χ4n) is 3.07. The van der Waals surface area contributed by atoms with Crippen LogP contribution in [0.25, 0.3) is 24.3 Å². The second kappa shape index (κ2) is 9.16. The summed E-state index contributed by atoms with van der Waals surface area (Å²) >= 11 is 4.01. The Kier molecular flexibility index (Phi) is 6.93. The molecule has 0 heterocycles. The van der Waals surface area contributed by atoms with E-state index in [4.69, 9.17) is 4.18 Å². The van der Waals surface area contributed by atoms with Crippen molar-refractivity contribution in [3.8, 4) is 11.5 Å². The van der Waals surface area contributed by atoms with Crippen LogP contribution in [-0.4, -0.2) is 5.11 Å². The molecule has 0 amide bonds. The van der Waals surface area contributed by atoms with Gasteiger partial charge in [0.05, 0.1) is 0 Å². The lowest BCUT2D eigenvalue weighted by molar-refractivity contribution is 0.469. The molecule has 0 spiro atoms. The van der Waals surface area contributed by atoms with Crippen molar-refractivity contribution in [3.05, 3.63) is 83.0 Å². The number of phenolic OH excluding ortho intramolecular Hbond substituents is 1. The van der Waals surface area contributed by atoms with E-state index < -0.39 is 0 Å². The lowest BCUT2D eigenvalue weighted by Crippen LogP contribution is -2.01. The molecule has 0 saturated carbocycles. The topological polar surface area (TPSA) is 29.5 Å². The summed E-state index contributed by atoms with van der Waals surface area (Å²) in [5.74, 6) is 0.881. The minimum absolute atomic E-state index is 0.230. The molecule has 3 heteroatoms. The Morgan fingerprint density at radius 1 is 0.923 bits per heavy atom. The van der Waals surface area contributed by atoms with Gasteiger partial charge in [0.1, 0.15) is 11.5 Å². The zero-order chi connectivity index (χ0) is 19.1. The highest BCUT2D eigenvalue weighted by atomic mass is 32.1. The summed E-state index contributed by atoms with van der Waals surface area (Å²) < 4.78 is 5.30. The van der Waals surface area contributed by atoms with Crippen molar-refractivity contribution in [1.82, 2.24) is 0 Å². The van der Waals surface area contributed by atoms with Crippen molar-refractivity contribution < 1.29 is 9.29 Å². The molecule has 0 aliphatic heterocycles. The van der Waals surface area contributed by atoms with Crippen molar-refractivity contribution in [2.75, 3.05) is 0 Å². The van der Waals surface area contributed by atoms with Crippen LogP contribution in [0.3, 0.4) is 0 Å². The molecule has 0 fully saturated rings. The van der Waals surface area contributed by atoms with Gasteiger partial charge in [0.2, 0.25) is 0 Å². The maximum absolute atomic E-state index is 10.5. The maximum Gasteiger partial charge on any atom is 0.141 e. The molecule has 0 atom stereocenters. The van der Waals surface area contributed by atoms with Crippen LogP contribution < -0.4 is 4.18 Å². The molecule has 0 aliphatic carbocycles. The maximum atomic E-state index is 10.5. The predicted molar refractivity (Wildman–Crippen MR) is 117 cm³/mol. The highest BCUT2D eigenvalue weighted by Crippen LogP contribution is 2.35. The normalized spacial score (nSPS) is 11.2. The second-order valence-corrected chi connectivity index (χ2v) is 5.97. The van der Waals surface area contributed by atoms with E-state index in [1.807, 2.05) is 62.4 Å². The first kappa shape index (κ1) is 19.7. The Labute approximate surface area is 161 Å². The van der Waals surface area contributed by atoms with E-state index >= 15 is 0 Å². The predicted octanol–water partition coefficient (Wildman–Crippen LogP) is 6.56. The lowest BCUT2D eigenvalue weighted by Gasteiger charge is -2.17. The van der Waals surface area contributed by atoms with Crippen molar-refractivity contribution in [2.45, 2.75) is 20.3 Å². The Morgan fingerprint density at radius 2 is 1.62 bits per heavy atom. The van der Waals surface area contributed by atoms with Crippen LogP contribution >= 0.6 is 12.9 Å². The van der Waals surface area contributed by atoms with E-state index in [1.54, 1.807) is 12.1 Å². The van der Waals surface area contributed by atoms with Crippen LogP contribution in [0.5, 0.6) is 11.5 Å². The van der Waals surface area contributed by atoms with Crippen LogP contribution in [0, 0.1) is 0 Å². The van der Waals surface area contributed by atoms with Crippen LogP contribution in [0.4, 0.5) is 0 Å². The van der Waals surface area contributed by atoms with E-state index in [0.29, 0.717) is 12.2 Å². The smallest absolute Gasteiger partial charge is 0.141 e. The number of aromatic hydroxyl groups is 1. The monoisotopic (exact) mass is 364 g/mol. The number of rotatable bonds is 7. The van der Waals surface area contributed by atoms with Gasteiger partial charge in [-0.05, 0) is 48.2 Å². The standard InChI is InChI=1S/C23H24O2S/c1-5-9-17-11-13-22(24)20(18(17)8-4)15-21-19(10-6-2)16(7-3)12-14-23(21)25-26/h5-14,24,26H,3-4,15H2,1-2H3/b9-5-,10-6-. The Morgan fingerprint density at radius 3 is 2.19 bits per heavy atom. The van der Waals surface area contributed by atoms with E-state index in [0.717, 1.165) is 33.4 Å². The number of thiol groups is 1. The Hall–Kier alpha value is -2.65. The van der Waals surface area contributed by atoms with Gasteiger partial charge in [-0.2, -0.15) is 0 Å². The van der Waals surface area contributed by atoms with Gasteiger partial charge in [-0.15, -0.1) is 0 Å². The van der Waals surface area contributed by atoms with E-state index in [9.17, 15) is 5.11 Å². The summed E-state index contributed by atoms with van der Waals surface area (Å²) in [4.78, 5) is 0. The van der Waals surface area contributed by atoms with Gasteiger partial charge in [0, 0.05) is 30.5 Å². The molecule has 2 aromatic carbocycles. The molecule has 26 heavy (non-hydrogen) atoms. The molecule has 0 radical (unpaired) electrons. The largest absolute Gasteiger partial charge is 0.508 e. The molecule has 0 bridgehead atoms. The number of phenols is 1. The van der Waals surface area contributed by atoms with Crippen molar-refractivity contribution >= 4 is 37.2 Å². The van der Waals surface area contributed by atoms with E-state index in [1.165, 1.54) is 0 Å². The van der Waals surface area contributed by atoms with Gasteiger partial charge in [0.25, 0.3) is 0 Å². The Balaban J connectivity index is 2.74. The SMILES string of the molecule is C=Cc1ccc(OS)c(Cc2c(O)ccc(/C=C\C)c2C=C)c1/C=C\C. The fraction of sp³-hybridized carbons (Fsp3) is 0.130. The molecule has 1 N–H and O–H groups in total. The summed E-state index contributed by atoms with van der Waals surface area (Å²) in [5, 5.41) is 10.5. The average Bonchev–Trinajstić information content (AvgIpc) is 2.65. The van der Waals surface area contributed by atoms with Crippen LogP contribution in [-0.2, 0) is 6.42 Å². The molecular formula is C23H24O2S. The number of allylic oxidation sites excluding steroid dienone is 2. The molecular weight excluding hydrogens is 340 g/mol. The highest BCUT2D eigenvalue weighted by molar-refractivity contribution is 7.75. The second-order valence-electron chi connectivity index (χ2n) is 5.79. The Bertz CT molecular complexity index is 876. The summed E-state index contributed by atoms with van der Waals surface area (Å²) in [6.07, 6.45) is 12.0.